The molecule has 2 saturated heterocycles. The Labute approximate surface area is 200 Å². The van der Waals surface area contributed by atoms with E-state index in [0.29, 0.717) is 10.6 Å². The molecule has 0 aromatic carbocycles. The van der Waals surface area contributed by atoms with Crippen LogP contribution in [-0.2, 0) is 14.3 Å². The summed E-state index contributed by atoms with van der Waals surface area (Å²) in [5.41, 5.74) is 1.69. The lowest BCUT2D eigenvalue weighted by molar-refractivity contribution is -0.139. The predicted octanol–water partition coefficient (Wildman–Crippen LogP) is 2.59. The molecular weight excluding hydrogens is 464 g/mol. The third-order valence-corrected chi connectivity index (χ3v) is 8.20. The molecule has 8 nitrogen and oxygen atoms in total. The number of nitrogens with one attached hydrogen (secondary N) is 1. The molecule has 5 rings (SSSR count). The topological polar surface area (TPSA) is 101 Å². The highest BCUT2D eigenvalue weighted by atomic mass is 35.5. The van der Waals surface area contributed by atoms with Crippen LogP contribution >= 0.6 is 22.9 Å². The SMILES string of the molecule is Cc1cnnc(-c2ccc(C(=O)NC(C(=O)N3CC(Cl)C4OCC(=O)C43)C3CCCC3)s2)c1. The van der Waals surface area contributed by atoms with Crippen molar-refractivity contribution in [3.63, 3.8) is 0 Å². The van der Waals surface area contributed by atoms with Crippen LogP contribution in [0, 0.1) is 12.8 Å². The Morgan fingerprint density at radius 3 is 2.85 bits per heavy atom. The molecule has 4 unspecified atom stereocenters. The lowest BCUT2D eigenvalue weighted by atomic mass is 9.96. The summed E-state index contributed by atoms with van der Waals surface area (Å²) in [5.74, 6) is -0.637. The van der Waals surface area contributed by atoms with Crippen molar-refractivity contribution in [2.45, 2.75) is 56.2 Å². The van der Waals surface area contributed by atoms with E-state index in [4.69, 9.17) is 16.3 Å². The fraction of sp³-hybridized carbons (Fsp3) is 0.522. The lowest BCUT2D eigenvalue weighted by Crippen LogP contribution is -2.54. The van der Waals surface area contributed by atoms with Crippen LogP contribution < -0.4 is 5.32 Å². The molecule has 1 N–H and O–H groups in total. The molecule has 2 aromatic heterocycles. The molecule has 0 bridgehead atoms. The molecule has 0 radical (unpaired) electrons. The summed E-state index contributed by atoms with van der Waals surface area (Å²) < 4.78 is 5.52. The maximum Gasteiger partial charge on any atom is 0.262 e. The van der Waals surface area contributed by atoms with Crippen molar-refractivity contribution in [3.8, 4) is 10.6 Å². The molecule has 3 fully saturated rings. The third kappa shape index (κ3) is 4.29. The Morgan fingerprint density at radius 1 is 1.30 bits per heavy atom. The number of carbonyl (C=O) groups excluding carboxylic acids is 3. The highest BCUT2D eigenvalue weighted by Crippen LogP contribution is 2.35. The monoisotopic (exact) mass is 488 g/mol. The number of rotatable bonds is 5. The molecule has 4 heterocycles. The zero-order valence-electron chi connectivity index (χ0n) is 18.2. The van der Waals surface area contributed by atoms with Crippen molar-refractivity contribution in [2.24, 2.45) is 5.92 Å². The van der Waals surface area contributed by atoms with Gasteiger partial charge in [0.15, 0.2) is 5.78 Å². The normalized spacial score (nSPS) is 25.9. The van der Waals surface area contributed by atoms with Crippen LogP contribution in [0.25, 0.3) is 10.6 Å². The average Bonchev–Trinajstić information content (AvgIpc) is 3.59. The zero-order valence-corrected chi connectivity index (χ0v) is 19.8. The van der Waals surface area contributed by atoms with Gasteiger partial charge in [0.2, 0.25) is 5.91 Å². The number of hydrogen-bond acceptors (Lipinski definition) is 7. The molecule has 3 aliphatic rings. The van der Waals surface area contributed by atoms with Gasteiger partial charge in [-0.25, -0.2) is 0 Å². The van der Waals surface area contributed by atoms with E-state index in [9.17, 15) is 14.4 Å². The van der Waals surface area contributed by atoms with Crippen molar-refractivity contribution in [2.75, 3.05) is 13.2 Å². The van der Waals surface area contributed by atoms with Crippen molar-refractivity contribution in [1.29, 1.82) is 0 Å². The van der Waals surface area contributed by atoms with E-state index >= 15 is 0 Å². The fourth-order valence-electron chi connectivity index (χ4n) is 5.07. The second-order valence-corrected chi connectivity index (χ2v) is 10.6. The van der Waals surface area contributed by atoms with Gasteiger partial charge in [-0.05, 0) is 49.4 Å². The number of thiophene rings is 1. The number of hydrogen-bond donors (Lipinski definition) is 1. The molecule has 10 heteroatoms. The second-order valence-electron chi connectivity index (χ2n) is 8.97. The Balaban J connectivity index is 1.36. The summed E-state index contributed by atoms with van der Waals surface area (Å²) in [6, 6.07) is 4.14. The largest absolute Gasteiger partial charge is 0.366 e. The zero-order chi connectivity index (χ0) is 23.1. The number of halogens is 1. The van der Waals surface area contributed by atoms with E-state index in [2.05, 4.69) is 15.5 Å². The molecule has 2 aliphatic heterocycles. The fourth-order valence-corrected chi connectivity index (χ4v) is 6.29. The van der Waals surface area contributed by atoms with Gasteiger partial charge in [0.05, 0.1) is 21.3 Å². The summed E-state index contributed by atoms with van der Waals surface area (Å²) in [6.45, 7) is 2.16. The lowest BCUT2D eigenvalue weighted by Gasteiger charge is -2.30. The molecule has 2 amide bonds. The Hall–Kier alpha value is -2.36. The quantitative estimate of drug-likeness (QED) is 0.649. The molecular formula is C23H25ClN4O4S. The minimum absolute atomic E-state index is 0.0252. The van der Waals surface area contributed by atoms with Crippen LogP contribution in [0.5, 0.6) is 0 Å². The van der Waals surface area contributed by atoms with Gasteiger partial charge in [-0.15, -0.1) is 28.0 Å². The number of likely N-dealkylation sites (tertiary alicyclic amines) is 1. The number of nitrogens with zero attached hydrogens (tertiary/aromatic N) is 3. The number of aryl methyl sites for hydroxylation is 1. The van der Waals surface area contributed by atoms with Crippen LogP contribution in [0.15, 0.2) is 24.4 Å². The number of amides is 2. The summed E-state index contributed by atoms with van der Waals surface area (Å²) in [7, 11) is 0. The number of ketones is 1. The molecule has 33 heavy (non-hydrogen) atoms. The molecule has 174 valence electrons. The van der Waals surface area contributed by atoms with Crippen LogP contribution in [0.2, 0.25) is 0 Å². The summed E-state index contributed by atoms with van der Waals surface area (Å²) >= 11 is 7.70. The van der Waals surface area contributed by atoms with Crippen molar-refractivity contribution < 1.29 is 19.1 Å². The second kappa shape index (κ2) is 9.12. The number of ether oxygens (including phenoxy) is 1. The van der Waals surface area contributed by atoms with Gasteiger partial charge in [0.25, 0.3) is 5.91 Å². The molecule has 4 atom stereocenters. The predicted molar refractivity (Wildman–Crippen MR) is 123 cm³/mol. The first-order valence-electron chi connectivity index (χ1n) is 11.2. The summed E-state index contributed by atoms with van der Waals surface area (Å²) in [5, 5.41) is 10.7. The van der Waals surface area contributed by atoms with Crippen molar-refractivity contribution in [3.05, 3.63) is 34.8 Å². The van der Waals surface area contributed by atoms with Crippen molar-refractivity contribution in [1.82, 2.24) is 20.4 Å². The minimum atomic E-state index is -0.694. The molecule has 1 aliphatic carbocycles. The maximum atomic E-state index is 13.6. The standard InChI is InChI=1S/C23H25ClN4O4S/c1-12-8-15(27-25-9-12)17-6-7-18(33-17)22(30)26-19(13-4-2-3-5-13)23(31)28-10-14(24)21-20(28)16(29)11-32-21/h6-9,13-14,19-21H,2-5,10-11H2,1H3,(H,26,30). The van der Waals surface area contributed by atoms with Gasteiger partial charge >= 0.3 is 0 Å². The number of Topliss-reactive ketones (excluding diaryl/α,β-unsaturated/α-hetero) is 1. The smallest absolute Gasteiger partial charge is 0.262 e. The van der Waals surface area contributed by atoms with Gasteiger partial charge in [0.1, 0.15) is 30.5 Å². The van der Waals surface area contributed by atoms with Gasteiger partial charge in [0, 0.05) is 6.54 Å². The molecule has 1 saturated carbocycles. The first-order valence-corrected chi connectivity index (χ1v) is 12.5. The summed E-state index contributed by atoms with van der Waals surface area (Å²) in [6.07, 6.45) is 4.97. The van der Waals surface area contributed by atoms with Gasteiger partial charge in [-0.2, -0.15) is 5.10 Å². The van der Waals surface area contributed by atoms with E-state index < -0.39 is 23.6 Å². The molecule has 2 aromatic rings. The van der Waals surface area contributed by atoms with E-state index in [1.807, 2.05) is 19.1 Å². The van der Waals surface area contributed by atoms with Crippen molar-refractivity contribution >= 4 is 40.5 Å². The minimum Gasteiger partial charge on any atom is -0.366 e. The van der Waals surface area contributed by atoms with Crippen LogP contribution in [0.1, 0.15) is 40.9 Å². The number of fused-ring (bicyclic) bond motifs is 1. The number of carbonyl (C=O) groups is 3. The maximum absolute atomic E-state index is 13.6. The van der Waals surface area contributed by atoms with Gasteiger partial charge < -0.3 is 15.0 Å². The first-order chi connectivity index (χ1) is 15.9. The van der Waals surface area contributed by atoms with Crippen LogP contribution in [0.3, 0.4) is 0 Å². The highest BCUT2D eigenvalue weighted by molar-refractivity contribution is 7.17. The highest BCUT2D eigenvalue weighted by Gasteiger charge is 2.53. The van der Waals surface area contributed by atoms with Crippen LogP contribution in [-0.4, -0.2) is 69.4 Å². The number of alkyl halides is 1. The van der Waals surface area contributed by atoms with E-state index in [0.717, 1.165) is 36.1 Å². The van der Waals surface area contributed by atoms with Gasteiger partial charge in [-0.3, -0.25) is 14.4 Å². The average molecular weight is 489 g/mol. The van der Waals surface area contributed by atoms with E-state index in [1.165, 1.54) is 16.2 Å². The molecule has 0 spiro atoms. The summed E-state index contributed by atoms with van der Waals surface area (Å²) in [4.78, 5) is 42.1. The number of aromatic nitrogens is 2. The van der Waals surface area contributed by atoms with E-state index in [-0.39, 0.29) is 36.7 Å². The van der Waals surface area contributed by atoms with Crippen LogP contribution in [0.4, 0.5) is 0 Å². The Morgan fingerprint density at radius 2 is 2.09 bits per heavy atom. The van der Waals surface area contributed by atoms with E-state index in [1.54, 1.807) is 12.3 Å². The van der Waals surface area contributed by atoms with Gasteiger partial charge in [-0.1, -0.05) is 12.8 Å². The first kappa shape index (κ1) is 22.4. The third-order valence-electron chi connectivity index (χ3n) is 6.70. The Bertz CT molecular complexity index is 1090. The Kier molecular flexibility index (Phi) is 6.20.